The molecule has 0 amide bonds. The Morgan fingerprint density at radius 3 is 2.70 bits per heavy atom. The number of halogens is 1. The van der Waals surface area contributed by atoms with Crippen molar-refractivity contribution in [3.8, 4) is 0 Å². The van der Waals surface area contributed by atoms with Gasteiger partial charge in [-0.25, -0.2) is 9.48 Å². The molecule has 1 aromatic heterocycles. The van der Waals surface area contributed by atoms with Gasteiger partial charge in [-0.1, -0.05) is 23.7 Å². The summed E-state index contributed by atoms with van der Waals surface area (Å²) in [7, 11) is 0. The Bertz CT molecular complexity index is 765. The predicted molar refractivity (Wildman–Crippen MR) is 87.2 cm³/mol. The molecule has 1 aromatic carbocycles. The molecule has 1 aliphatic rings. The van der Waals surface area contributed by atoms with E-state index >= 15 is 0 Å². The van der Waals surface area contributed by atoms with Gasteiger partial charge < -0.3 is 10.1 Å². The van der Waals surface area contributed by atoms with Gasteiger partial charge in [-0.05, 0) is 38.5 Å². The van der Waals surface area contributed by atoms with Crippen molar-refractivity contribution >= 4 is 23.5 Å². The molecule has 0 saturated heterocycles. The molecule has 6 nitrogen and oxygen atoms in total. The van der Waals surface area contributed by atoms with Gasteiger partial charge in [0.25, 0.3) is 0 Å². The zero-order chi connectivity index (χ0) is 16.6. The number of ether oxygens (including phenoxy) is 1. The summed E-state index contributed by atoms with van der Waals surface area (Å²) in [6.07, 6.45) is 1.25. The van der Waals surface area contributed by atoms with Crippen LogP contribution in [0.2, 0.25) is 5.02 Å². The van der Waals surface area contributed by atoms with Crippen LogP contribution in [0.1, 0.15) is 32.4 Å². The Hall–Kier alpha value is -2.34. The molecule has 7 heteroatoms. The van der Waals surface area contributed by atoms with E-state index in [2.05, 4.69) is 15.4 Å². The lowest BCUT2D eigenvalue weighted by Gasteiger charge is -2.28. The van der Waals surface area contributed by atoms with Crippen LogP contribution in [0, 0.1) is 0 Å². The summed E-state index contributed by atoms with van der Waals surface area (Å²) in [6, 6.07) is 6.92. The minimum absolute atomic E-state index is 0.203. The van der Waals surface area contributed by atoms with Crippen molar-refractivity contribution in [3.63, 3.8) is 0 Å². The van der Waals surface area contributed by atoms with Crippen molar-refractivity contribution in [2.45, 2.75) is 32.9 Å². The number of anilines is 1. The number of esters is 1. The van der Waals surface area contributed by atoms with Crippen molar-refractivity contribution in [1.29, 1.82) is 0 Å². The Kier molecular flexibility index (Phi) is 4.09. The third-order valence-electron chi connectivity index (χ3n) is 3.54. The summed E-state index contributed by atoms with van der Waals surface area (Å²) < 4.78 is 7.08. The first-order valence-electron chi connectivity index (χ1n) is 7.31. The minimum Gasteiger partial charge on any atom is -0.459 e. The van der Waals surface area contributed by atoms with Crippen LogP contribution in [0.4, 0.5) is 5.95 Å². The molecule has 0 fully saturated rings. The van der Waals surface area contributed by atoms with Crippen LogP contribution in [0.5, 0.6) is 0 Å². The van der Waals surface area contributed by atoms with E-state index in [4.69, 9.17) is 16.3 Å². The van der Waals surface area contributed by atoms with E-state index in [1.807, 2.05) is 32.9 Å². The molecule has 0 spiro atoms. The first kappa shape index (κ1) is 15.6. The molecule has 2 heterocycles. The Balaban J connectivity index is 2.10. The number of benzene rings is 1. The van der Waals surface area contributed by atoms with Crippen molar-refractivity contribution in [2.75, 3.05) is 5.32 Å². The minimum atomic E-state index is -0.405. The molecule has 0 radical (unpaired) electrons. The van der Waals surface area contributed by atoms with Crippen LogP contribution in [-0.4, -0.2) is 26.8 Å². The first-order valence-corrected chi connectivity index (χ1v) is 7.69. The van der Waals surface area contributed by atoms with E-state index in [0.717, 1.165) is 5.56 Å². The van der Waals surface area contributed by atoms with Crippen molar-refractivity contribution < 1.29 is 9.53 Å². The van der Waals surface area contributed by atoms with E-state index in [-0.39, 0.29) is 12.1 Å². The molecular formula is C16H17ClN4O2. The number of rotatable bonds is 3. The maximum atomic E-state index is 12.6. The molecule has 1 N–H and O–H groups in total. The van der Waals surface area contributed by atoms with Crippen LogP contribution in [0.25, 0.3) is 0 Å². The number of allylic oxidation sites excluding steroid dienone is 1. The number of nitrogens with zero attached hydrogens (tertiary/aromatic N) is 3. The second-order valence-electron chi connectivity index (χ2n) is 5.60. The summed E-state index contributed by atoms with van der Waals surface area (Å²) in [5.74, 6) is 0.217. The van der Waals surface area contributed by atoms with E-state index in [9.17, 15) is 4.79 Å². The number of carbonyl (C=O) groups excluding carboxylic acids is 1. The maximum absolute atomic E-state index is 12.6. The summed E-state index contributed by atoms with van der Waals surface area (Å²) in [5.41, 5.74) is 2.10. The molecule has 1 aliphatic heterocycles. The molecular weight excluding hydrogens is 316 g/mol. The highest BCUT2D eigenvalue weighted by Gasteiger charge is 2.34. The van der Waals surface area contributed by atoms with Gasteiger partial charge >= 0.3 is 5.97 Å². The highest BCUT2D eigenvalue weighted by Crippen LogP contribution is 2.35. The fraction of sp³-hybridized carbons (Fsp3) is 0.312. The molecule has 1 unspecified atom stereocenters. The van der Waals surface area contributed by atoms with Crippen molar-refractivity contribution in [3.05, 3.63) is 52.4 Å². The molecule has 0 bridgehead atoms. The highest BCUT2D eigenvalue weighted by atomic mass is 35.5. The van der Waals surface area contributed by atoms with Crippen LogP contribution in [0.15, 0.2) is 41.9 Å². The second-order valence-corrected chi connectivity index (χ2v) is 6.04. The number of aromatic nitrogens is 3. The normalized spacial score (nSPS) is 17.0. The zero-order valence-electron chi connectivity index (χ0n) is 13.1. The van der Waals surface area contributed by atoms with Gasteiger partial charge in [0.05, 0.1) is 11.7 Å². The van der Waals surface area contributed by atoms with Crippen molar-refractivity contribution in [1.82, 2.24) is 14.8 Å². The molecule has 2 aromatic rings. The Morgan fingerprint density at radius 1 is 1.35 bits per heavy atom. The lowest BCUT2D eigenvalue weighted by molar-refractivity contribution is -0.143. The fourth-order valence-electron chi connectivity index (χ4n) is 2.59. The highest BCUT2D eigenvalue weighted by molar-refractivity contribution is 6.30. The molecule has 0 saturated carbocycles. The Labute approximate surface area is 139 Å². The second kappa shape index (κ2) is 6.04. The van der Waals surface area contributed by atoms with E-state index in [1.165, 1.54) is 6.33 Å². The number of carbonyl (C=O) groups is 1. The third kappa shape index (κ3) is 2.94. The monoisotopic (exact) mass is 332 g/mol. The number of fused-ring (bicyclic) bond motifs is 1. The number of nitrogens with one attached hydrogen (secondary N) is 1. The van der Waals surface area contributed by atoms with Gasteiger partial charge in [-0.15, -0.1) is 0 Å². The molecule has 120 valence electrons. The number of hydrogen-bond acceptors (Lipinski definition) is 5. The smallest absolute Gasteiger partial charge is 0.338 e. The third-order valence-corrected chi connectivity index (χ3v) is 3.79. The summed E-state index contributed by atoms with van der Waals surface area (Å²) in [6.45, 7) is 5.47. The van der Waals surface area contributed by atoms with Gasteiger partial charge in [0.2, 0.25) is 5.95 Å². The lowest BCUT2D eigenvalue weighted by atomic mass is 9.96. The largest absolute Gasteiger partial charge is 0.459 e. The molecule has 23 heavy (non-hydrogen) atoms. The van der Waals surface area contributed by atoms with Gasteiger partial charge in [0, 0.05) is 10.7 Å². The van der Waals surface area contributed by atoms with Gasteiger partial charge in [-0.3, -0.25) is 0 Å². The average Bonchev–Trinajstić information content (AvgIpc) is 2.93. The van der Waals surface area contributed by atoms with E-state index in [1.54, 1.807) is 16.8 Å². The Morgan fingerprint density at radius 2 is 2.04 bits per heavy atom. The lowest BCUT2D eigenvalue weighted by Crippen LogP contribution is -2.30. The SMILES string of the molecule is CC1=C(C(=O)OC(C)C)C(c2ccc(Cl)cc2)n2ncnc2N1. The fourth-order valence-corrected chi connectivity index (χ4v) is 2.71. The average molecular weight is 333 g/mol. The molecule has 0 aliphatic carbocycles. The van der Waals surface area contributed by atoms with Crippen LogP contribution in [0.3, 0.4) is 0 Å². The summed E-state index contributed by atoms with van der Waals surface area (Å²) in [5, 5.41) is 7.98. The van der Waals surface area contributed by atoms with Crippen LogP contribution >= 0.6 is 11.6 Å². The van der Waals surface area contributed by atoms with Gasteiger partial charge in [-0.2, -0.15) is 10.1 Å². The van der Waals surface area contributed by atoms with Gasteiger partial charge in [0.1, 0.15) is 12.4 Å². The maximum Gasteiger partial charge on any atom is 0.338 e. The predicted octanol–water partition coefficient (Wildman–Crippen LogP) is 3.17. The quantitative estimate of drug-likeness (QED) is 0.874. The topological polar surface area (TPSA) is 69.0 Å². The van der Waals surface area contributed by atoms with Gasteiger partial charge in [0.15, 0.2) is 0 Å². The van der Waals surface area contributed by atoms with Crippen LogP contribution in [-0.2, 0) is 9.53 Å². The van der Waals surface area contributed by atoms with E-state index in [0.29, 0.717) is 22.2 Å². The standard InChI is InChI=1S/C16H17ClN4O2/c1-9(2)23-15(22)13-10(3)20-16-18-8-19-21(16)14(13)11-4-6-12(17)7-5-11/h4-9,14H,1-3H3,(H,18,19,20). The molecule has 3 rings (SSSR count). The first-order chi connectivity index (χ1) is 11.0. The van der Waals surface area contributed by atoms with E-state index < -0.39 is 6.04 Å². The zero-order valence-corrected chi connectivity index (χ0v) is 13.8. The number of hydrogen-bond donors (Lipinski definition) is 1. The molecule has 1 atom stereocenters. The van der Waals surface area contributed by atoms with Crippen molar-refractivity contribution in [2.24, 2.45) is 0 Å². The summed E-state index contributed by atoms with van der Waals surface area (Å²) >= 11 is 5.98. The summed E-state index contributed by atoms with van der Waals surface area (Å²) in [4.78, 5) is 16.8. The van der Waals surface area contributed by atoms with Crippen LogP contribution < -0.4 is 5.32 Å².